The van der Waals surface area contributed by atoms with Gasteiger partial charge in [-0.2, -0.15) is 0 Å². The van der Waals surface area contributed by atoms with Gasteiger partial charge in [0.05, 0.1) is 17.2 Å². The number of carbonyl (C=O) groups is 1. The van der Waals surface area contributed by atoms with Crippen molar-refractivity contribution < 1.29 is 9.53 Å². The van der Waals surface area contributed by atoms with Crippen LogP contribution in [0.15, 0.2) is 36.5 Å². The molecule has 0 unspecified atom stereocenters. The maximum absolute atomic E-state index is 12.1. The molecule has 1 heterocycles. The van der Waals surface area contributed by atoms with Crippen LogP contribution in [0.25, 0.3) is 0 Å². The van der Waals surface area contributed by atoms with Gasteiger partial charge in [-0.05, 0) is 12.1 Å². The molecule has 0 aliphatic heterocycles. The van der Waals surface area contributed by atoms with Crippen molar-refractivity contribution >= 4 is 29.0 Å². The highest BCUT2D eigenvalue weighted by Crippen LogP contribution is 2.20. The van der Waals surface area contributed by atoms with Crippen molar-refractivity contribution in [3.05, 3.63) is 52.7 Å². The van der Waals surface area contributed by atoms with Crippen LogP contribution in [-0.4, -0.2) is 18.0 Å². The van der Waals surface area contributed by atoms with Crippen LogP contribution in [0.4, 0.5) is 11.5 Å². The zero-order valence-electron chi connectivity index (χ0n) is 10.9. The molecule has 20 heavy (non-hydrogen) atoms. The number of nitrogen functional groups attached to an aromatic ring is 1. The lowest BCUT2D eigenvalue weighted by Crippen LogP contribution is -2.14. The Morgan fingerprint density at radius 1 is 1.45 bits per heavy atom. The monoisotopic (exact) mass is 291 g/mol. The van der Waals surface area contributed by atoms with Gasteiger partial charge in [0.15, 0.2) is 0 Å². The quantitative estimate of drug-likeness (QED) is 0.908. The molecule has 6 heteroatoms. The van der Waals surface area contributed by atoms with Crippen molar-refractivity contribution in [3.8, 4) is 0 Å². The van der Waals surface area contributed by atoms with E-state index in [1.807, 2.05) is 18.2 Å². The zero-order chi connectivity index (χ0) is 14.5. The van der Waals surface area contributed by atoms with E-state index in [9.17, 15) is 4.79 Å². The summed E-state index contributed by atoms with van der Waals surface area (Å²) in [6, 6.07) is 8.89. The van der Waals surface area contributed by atoms with Gasteiger partial charge in [-0.3, -0.25) is 4.79 Å². The highest BCUT2D eigenvalue weighted by molar-refractivity contribution is 6.33. The normalized spacial score (nSPS) is 10.3. The molecule has 0 saturated heterocycles. The van der Waals surface area contributed by atoms with Crippen molar-refractivity contribution in [1.82, 2.24) is 4.98 Å². The van der Waals surface area contributed by atoms with Gasteiger partial charge in [-0.15, -0.1) is 0 Å². The van der Waals surface area contributed by atoms with Gasteiger partial charge in [0.25, 0.3) is 5.91 Å². The van der Waals surface area contributed by atoms with Crippen LogP contribution in [0.1, 0.15) is 15.9 Å². The van der Waals surface area contributed by atoms with Gasteiger partial charge in [0, 0.05) is 24.6 Å². The molecule has 1 amide bonds. The van der Waals surface area contributed by atoms with Gasteiger partial charge in [-0.1, -0.05) is 29.8 Å². The Morgan fingerprint density at radius 2 is 2.20 bits per heavy atom. The lowest BCUT2D eigenvalue weighted by Gasteiger charge is -2.10. The summed E-state index contributed by atoms with van der Waals surface area (Å²) in [4.78, 5) is 16.0. The number of amides is 1. The van der Waals surface area contributed by atoms with Crippen LogP contribution in [0.2, 0.25) is 5.02 Å². The summed E-state index contributed by atoms with van der Waals surface area (Å²) in [5, 5.41) is 3.05. The second-order valence-electron chi connectivity index (χ2n) is 4.14. The van der Waals surface area contributed by atoms with Crippen molar-refractivity contribution in [2.45, 2.75) is 6.61 Å². The molecular formula is C14H14ClN3O2. The zero-order valence-corrected chi connectivity index (χ0v) is 11.6. The number of aromatic nitrogens is 1. The molecule has 0 bridgehead atoms. The number of anilines is 2. The number of para-hydroxylation sites is 1. The lowest BCUT2D eigenvalue weighted by atomic mass is 10.1. The van der Waals surface area contributed by atoms with E-state index in [1.54, 1.807) is 13.2 Å². The van der Waals surface area contributed by atoms with Crippen molar-refractivity contribution in [1.29, 1.82) is 0 Å². The SMILES string of the molecule is COCc1ccccc1NC(=O)c1cnc(N)c(Cl)c1. The Kier molecular flexibility index (Phi) is 4.55. The third-order valence-electron chi connectivity index (χ3n) is 2.70. The number of nitrogens with two attached hydrogens (primary N) is 1. The fourth-order valence-corrected chi connectivity index (χ4v) is 1.86. The molecule has 0 atom stereocenters. The van der Waals surface area contributed by atoms with E-state index < -0.39 is 0 Å². The number of halogens is 1. The van der Waals surface area contributed by atoms with E-state index >= 15 is 0 Å². The Balaban J connectivity index is 2.21. The van der Waals surface area contributed by atoms with Crippen LogP contribution >= 0.6 is 11.6 Å². The number of pyridine rings is 1. The fraction of sp³-hybridized carbons (Fsp3) is 0.143. The number of nitrogens with zero attached hydrogens (tertiary/aromatic N) is 1. The highest BCUT2D eigenvalue weighted by atomic mass is 35.5. The molecule has 0 aliphatic rings. The Hall–Kier alpha value is -2.11. The molecule has 0 fully saturated rings. The summed E-state index contributed by atoms with van der Waals surface area (Å²) >= 11 is 5.85. The minimum atomic E-state index is -0.303. The van der Waals surface area contributed by atoms with E-state index in [0.29, 0.717) is 17.9 Å². The maximum Gasteiger partial charge on any atom is 0.257 e. The predicted molar refractivity (Wildman–Crippen MR) is 78.8 cm³/mol. The first-order valence-corrected chi connectivity index (χ1v) is 6.29. The van der Waals surface area contributed by atoms with Crippen LogP contribution in [-0.2, 0) is 11.3 Å². The molecular weight excluding hydrogens is 278 g/mol. The summed E-state index contributed by atoms with van der Waals surface area (Å²) in [6.07, 6.45) is 1.38. The third kappa shape index (κ3) is 3.26. The van der Waals surface area contributed by atoms with Gasteiger partial charge in [0.2, 0.25) is 0 Å². The van der Waals surface area contributed by atoms with E-state index in [2.05, 4.69) is 10.3 Å². The minimum Gasteiger partial charge on any atom is -0.382 e. The van der Waals surface area contributed by atoms with Crippen LogP contribution < -0.4 is 11.1 Å². The van der Waals surface area contributed by atoms with Gasteiger partial charge >= 0.3 is 0 Å². The number of nitrogens with one attached hydrogen (secondary N) is 1. The maximum atomic E-state index is 12.1. The number of methoxy groups -OCH3 is 1. The van der Waals surface area contributed by atoms with Crippen molar-refractivity contribution in [2.75, 3.05) is 18.2 Å². The highest BCUT2D eigenvalue weighted by Gasteiger charge is 2.11. The largest absolute Gasteiger partial charge is 0.382 e. The van der Waals surface area contributed by atoms with E-state index in [0.717, 1.165) is 5.56 Å². The molecule has 0 aliphatic carbocycles. The fourth-order valence-electron chi connectivity index (χ4n) is 1.69. The number of ether oxygens (including phenoxy) is 1. The standard InChI is InChI=1S/C14H14ClN3O2/c1-20-8-9-4-2-3-5-12(9)18-14(19)10-6-11(15)13(16)17-7-10/h2-7H,8H2,1H3,(H2,16,17)(H,18,19). The average molecular weight is 292 g/mol. The summed E-state index contributed by atoms with van der Waals surface area (Å²) in [7, 11) is 1.60. The number of hydrogen-bond acceptors (Lipinski definition) is 4. The van der Waals surface area contributed by atoms with Crippen molar-refractivity contribution in [3.63, 3.8) is 0 Å². The van der Waals surface area contributed by atoms with Crippen molar-refractivity contribution in [2.24, 2.45) is 0 Å². The van der Waals surface area contributed by atoms with E-state index in [1.165, 1.54) is 12.3 Å². The minimum absolute atomic E-state index is 0.197. The molecule has 0 radical (unpaired) electrons. The molecule has 2 aromatic rings. The van der Waals surface area contributed by atoms with Crippen LogP contribution in [0.5, 0.6) is 0 Å². The summed E-state index contributed by atoms with van der Waals surface area (Å²) in [5.41, 5.74) is 7.43. The summed E-state index contributed by atoms with van der Waals surface area (Å²) < 4.78 is 5.09. The lowest BCUT2D eigenvalue weighted by molar-refractivity contribution is 0.102. The van der Waals surface area contributed by atoms with Gasteiger partial charge in [0.1, 0.15) is 5.82 Å². The molecule has 2 rings (SSSR count). The smallest absolute Gasteiger partial charge is 0.257 e. The van der Waals surface area contributed by atoms with Crippen LogP contribution in [0.3, 0.4) is 0 Å². The number of benzene rings is 1. The molecule has 3 N–H and O–H groups in total. The average Bonchev–Trinajstić information content (AvgIpc) is 2.44. The molecule has 104 valence electrons. The summed E-state index contributed by atoms with van der Waals surface area (Å²) in [6.45, 7) is 0.414. The van der Waals surface area contributed by atoms with Gasteiger partial charge < -0.3 is 15.8 Å². The Morgan fingerprint density at radius 3 is 2.90 bits per heavy atom. The predicted octanol–water partition coefficient (Wildman–Crippen LogP) is 2.72. The summed E-state index contributed by atoms with van der Waals surface area (Å²) in [5.74, 6) is -0.106. The Labute approximate surface area is 121 Å². The topological polar surface area (TPSA) is 77.2 Å². The molecule has 0 spiro atoms. The van der Waals surface area contributed by atoms with E-state index in [-0.39, 0.29) is 16.7 Å². The number of hydrogen-bond donors (Lipinski definition) is 2. The van der Waals surface area contributed by atoms with Gasteiger partial charge in [-0.25, -0.2) is 4.98 Å². The second-order valence-corrected chi connectivity index (χ2v) is 4.54. The first-order valence-electron chi connectivity index (χ1n) is 5.91. The first-order chi connectivity index (χ1) is 9.61. The molecule has 5 nitrogen and oxygen atoms in total. The molecule has 1 aromatic heterocycles. The second kappa shape index (κ2) is 6.36. The van der Waals surface area contributed by atoms with Crippen LogP contribution in [0, 0.1) is 0 Å². The Bertz CT molecular complexity index is 632. The van der Waals surface area contributed by atoms with E-state index in [4.69, 9.17) is 22.1 Å². The number of carbonyl (C=O) groups excluding carboxylic acids is 1. The number of rotatable bonds is 4. The third-order valence-corrected chi connectivity index (χ3v) is 3.00. The molecule has 0 saturated carbocycles. The molecule has 1 aromatic carbocycles. The first kappa shape index (κ1) is 14.3.